The number of carbonyl (C=O) groups is 1. The predicted octanol–water partition coefficient (Wildman–Crippen LogP) is 1.46. The molecular weight excluding hydrogens is 280 g/mol. The molecule has 1 aliphatic heterocycles. The van der Waals surface area contributed by atoms with Crippen LogP contribution in [-0.4, -0.2) is 51.6 Å². The fourth-order valence-corrected chi connectivity index (χ4v) is 3.10. The van der Waals surface area contributed by atoms with Crippen LogP contribution in [0.3, 0.4) is 0 Å². The van der Waals surface area contributed by atoms with Crippen molar-refractivity contribution in [2.24, 2.45) is 5.92 Å². The highest BCUT2D eigenvalue weighted by molar-refractivity contribution is 5.80. The first kappa shape index (κ1) is 13.7. The lowest BCUT2D eigenvalue weighted by atomic mass is 10.1. The molecule has 4 rings (SSSR count). The molecule has 2 aromatic rings. The van der Waals surface area contributed by atoms with Crippen LogP contribution in [0.15, 0.2) is 24.3 Å². The van der Waals surface area contributed by atoms with Crippen molar-refractivity contribution in [3.05, 3.63) is 24.3 Å². The van der Waals surface area contributed by atoms with Gasteiger partial charge in [-0.05, 0) is 31.4 Å². The van der Waals surface area contributed by atoms with Gasteiger partial charge in [-0.1, -0.05) is 17.3 Å². The summed E-state index contributed by atoms with van der Waals surface area (Å²) in [5, 5.41) is 8.24. The van der Waals surface area contributed by atoms with Gasteiger partial charge in [0, 0.05) is 25.1 Å². The number of carbonyl (C=O) groups excluding carboxylic acids is 1. The number of ether oxygens (including phenoxy) is 1. The quantitative estimate of drug-likeness (QED) is 0.839. The third-order valence-electron chi connectivity index (χ3n) is 4.49. The number of benzene rings is 1. The molecule has 1 atom stereocenters. The monoisotopic (exact) mass is 300 g/mol. The highest BCUT2D eigenvalue weighted by Crippen LogP contribution is 2.29. The first-order chi connectivity index (χ1) is 10.8. The highest BCUT2D eigenvalue weighted by atomic mass is 16.5. The molecule has 6 heteroatoms. The molecule has 22 heavy (non-hydrogen) atoms. The number of para-hydroxylation sites is 1. The van der Waals surface area contributed by atoms with E-state index in [1.807, 2.05) is 29.2 Å². The summed E-state index contributed by atoms with van der Waals surface area (Å²) in [6.07, 6.45) is 3.30. The lowest BCUT2D eigenvalue weighted by molar-refractivity contribution is -0.133. The fourth-order valence-electron chi connectivity index (χ4n) is 3.10. The maximum Gasteiger partial charge on any atom is 0.244 e. The molecule has 0 radical (unpaired) electrons. The van der Waals surface area contributed by atoms with Crippen LogP contribution in [0.5, 0.6) is 0 Å². The van der Waals surface area contributed by atoms with E-state index in [-0.39, 0.29) is 12.5 Å². The van der Waals surface area contributed by atoms with Crippen LogP contribution in [0.25, 0.3) is 11.0 Å². The fraction of sp³-hybridized carbons (Fsp3) is 0.562. The molecule has 0 spiro atoms. The van der Waals surface area contributed by atoms with Crippen LogP contribution in [-0.2, 0) is 16.1 Å². The number of fused-ring (bicyclic) bond motifs is 1. The Morgan fingerprint density at radius 1 is 1.32 bits per heavy atom. The molecule has 2 fully saturated rings. The van der Waals surface area contributed by atoms with E-state index in [1.165, 1.54) is 0 Å². The molecule has 1 amide bonds. The first-order valence-corrected chi connectivity index (χ1v) is 7.97. The van der Waals surface area contributed by atoms with Crippen molar-refractivity contribution >= 4 is 16.9 Å². The van der Waals surface area contributed by atoms with Crippen molar-refractivity contribution in [1.82, 2.24) is 19.9 Å². The first-order valence-electron chi connectivity index (χ1n) is 7.97. The van der Waals surface area contributed by atoms with Crippen LogP contribution >= 0.6 is 0 Å². The van der Waals surface area contributed by atoms with Gasteiger partial charge >= 0.3 is 0 Å². The number of rotatable bonds is 5. The van der Waals surface area contributed by atoms with Gasteiger partial charge in [-0.2, -0.15) is 0 Å². The molecular formula is C16H20N4O2. The van der Waals surface area contributed by atoms with E-state index in [9.17, 15) is 4.79 Å². The van der Waals surface area contributed by atoms with E-state index in [0.29, 0.717) is 12.0 Å². The molecule has 116 valence electrons. The highest BCUT2D eigenvalue weighted by Gasteiger charge is 2.34. The number of aromatic nitrogens is 3. The Labute approximate surface area is 129 Å². The Morgan fingerprint density at radius 2 is 2.18 bits per heavy atom. The summed E-state index contributed by atoms with van der Waals surface area (Å²) in [4.78, 5) is 14.8. The molecule has 0 N–H and O–H groups in total. The normalized spacial score (nSPS) is 21.4. The van der Waals surface area contributed by atoms with Crippen LogP contribution in [0, 0.1) is 5.92 Å². The summed E-state index contributed by atoms with van der Waals surface area (Å²) >= 11 is 0. The minimum atomic E-state index is 0.144. The largest absolute Gasteiger partial charge is 0.381 e. The van der Waals surface area contributed by atoms with Crippen molar-refractivity contribution in [3.8, 4) is 0 Å². The average Bonchev–Trinajstić information content (AvgIpc) is 3.09. The average molecular weight is 300 g/mol. The zero-order chi connectivity index (χ0) is 14.9. The molecule has 0 bridgehead atoms. The van der Waals surface area contributed by atoms with Crippen LogP contribution in [0.1, 0.15) is 19.3 Å². The Morgan fingerprint density at radius 3 is 2.95 bits per heavy atom. The van der Waals surface area contributed by atoms with Crippen molar-refractivity contribution in [2.45, 2.75) is 31.8 Å². The smallest absolute Gasteiger partial charge is 0.244 e. The zero-order valence-electron chi connectivity index (χ0n) is 12.5. The van der Waals surface area contributed by atoms with Gasteiger partial charge in [0.05, 0.1) is 12.1 Å². The van der Waals surface area contributed by atoms with Gasteiger partial charge in [0.15, 0.2) is 0 Å². The SMILES string of the molecule is O=C(Cn1nnc2ccccc21)N(C[C@@H]1CCOC1)C1CC1. The van der Waals surface area contributed by atoms with E-state index < -0.39 is 0 Å². The van der Waals surface area contributed by atoms with Gasteiger partial charge in [-0.3, -0.25) is 4.79 Å². The predicted molar refractivity (Wildman–Crippen MR) is 81.2 cm³/mol. The number of hydrogen-bond donors (Lipinski definition) is 0. The second-order valence-corrected chi connectivity index (χ2v) is 6.24. The topological polar surface area (TPSA) is 60.2 Å². The van der Waals surface area contributed by atoms with E-state index in [4.69, 9.17) is 4.74 Å². The molecule has 1 aliphatic carbocycles. The number of amides is 1. The number of hydrogen-bond acceptors (Lipinski definition) is 4. The third kappa shape index (κ3) is 2.70. The van der Waals surface area contributed by atoms with Crippen LogP contribution in [0.2, 0.25) is 0 Å². The molecule has 0 unspecified atom stereocenters. The minimum absolute atomic E-state index is 0.144. The molecule has 2 heterocycles. The lowest BCUT2D eigenvalue weighted by Gasteiger charge is -2.25. The van der Waals surface area contributed by atoms with E-state index >= 15 is 0 Å². The Balaban J connectivity index is 1.49. The van der Waals surface area contributed by atoms with Gasteiger partial charge < -0.3 is 9.64 Å². The van der Waals surface area contributed by atoms with Gasteiger partial charge in [0.2, 0.25) is 5.91 Å². The van der Waals surface area contributed by atoms with E-state index in [0.717, 1.165) is 50.1 Å². The minimum Gasteiger partial charge on any atom is -0.381 e. The summed E-state index contributed by atoms with van der Waals surface area (Å²) in [6, 6.07) is 8.16. The van der Waals surface area contributed by atoms with Crippen LogP contribution < -0.4 is 0 Å². The molecule has 1 aromatic carbocycles. The van der Waals surface area contributed by atoms with Gasteiger partial charge in [0.25, 0.3) is 0 Å². The van der Waals surface area contributed by atoms with Crippen molar-refractivity contribution in [1.29, 1.82) is 0 Å². The Bertz CT molecular complexity index is 674. The van der Waals surface area contributed by atoms with Gasteiger partial charge in [-0.15, -0.1) is 5.10 Å². The standard InChI is InChI=1S/C16H20N4O2/c21-16(10-20-15-4-2-1-3-14(15)17-18-20)19(13-5-6-13)9-12-7-8-22-11-12/h1-4,12-13H,5-11H2/t12-/m0/s1. The van der Waals surface area contributed by atoms with Crippen molar-refractivity contribution in [3.63, 3.8) is 0 Å². The maximum atomic E-state index is 12.7. The molecule has 1 saturated heterocycles. The summed E-state index contributed by atoms with van der Waals surface area (Å²) < 4.78 is 7.14. The summed E-state index contributed by atoms with van der Waals surface area (Å²) in [6.45, 7) is 2.69. The second kappa shape index (κ2) is 5.68. The maximum absolute atomic E-state index is 12.7. The summed E-state index contributed by atoms with van der Waals surface area (Å²) in [5.41, 5.74) is 1.74. The lowest BCUT2D eigenvalue weighted by Crippen LogP contribution is -2.39. The summed E-state index contributed by atoms with van der Waals surface area (Å²) in [7, 11) is 0. The van der Waals surface area contributed by atoms with Crippen molar-refractivity contribution < 1.29 is 9.53 Å². The van der Waals surface area contributed by atoms with E-state index in [2.05, 4.69) is 10.3 Å². The summed E-state index contributed by atoms with van der Waals surface area (Å²) in [5.74, 6) is 0.627. The van der Waals surface area contributed by atoms with Gasteiger partial charge in [0.1, 0.15) is 12.1 Å². The molecule has 6 nitrogen and oxygen atoms in total. The Hall–Kier alpha value is -1.95. The zero-order valence-corrected chi connectivity index (χ0v) is 12.5. The van der Waals surface area contributed by atoms with Crippen molar-refractivity contribution in [2.75, 3.05) is 19.8 Å². The molecule has 2 aliphatic rings. The number of nitrogens with zero attached hydrogens (tertiary/aromatic N) is 4. The Kier molecular flexibility index (Phi) is 3.54. The van der Waals surface area contributed by atoms with Gasteiger partial charge in [-0.25, -0.2) is 4.68 Å². The second-order valence-electron chi connectivity index (χ2n) is 6.24. The van der Waals surface area contributed by atoms with E-state index in [1.54, 1.807) is 4.68 Å². The third-order valence-corrected chi connectivity index (χ3v) is 4.49. The van der Waals surface area contributed by atoms with Crippen LogP contribution in [0.4, 0.5) is 0 Å². The molecule has 1 saturated carbocycles. The molecule has 1 aromatic heterocycles.